The molecule has 0 fully saturated rings. The molecular formula is C13H27N3O2. The van der Waals surface area contributed by atoms with Crippen LogP contribution in [0.25, 0.3) is 0 Å². The van der Waals surface area contributed by atoms with E-state index < -0.39 is 6.04 Å². The molecule has 106 valence electrons. The molecule has 1 unspecified atom stereocenters. The Kier molecular flexibility index (Phi) is 9.28. The SMILES string of the molecule is CCCNC(=O)C(C)NC(=O)CCCNC(C)C. The number of amides is 2. The minimum absolute atomic E-state index is 0.0697. The van der Waals surface area contributed by atoms with Gasteiger partial charge in [0.1, 0.15) is 6.04 Å². The molecule has 0 aromatic heterocycles. The zero-order valence-corrected chi connectivity index (χ0v) is 12.0. The van der Waals surface area contributed by atoms with Crippen LogP contribution in [-0.2, 0) is 9.59 Å². The van der Waals surface area contributed by atoms with E-state index in [9.17, 15) is 9.59 Å². The fraction of sp³-hybridized carbons (Fsp3) is 0.846. The molecule has 0 aliphatic carbocycles. The summed E-state index contributed by atoms with van der Waals surface area (Å²) in [6.07, 6.45) is 2.13. The van der Waals surface area contributed by atoms with Crippen molar-refractivity contribution in [2.45, 2.75) is 59.0 Å². The summed E-state index contributed by atoms with van der Waals surface area (Å²) in [4.78, 5) is 23.1. The third-order valence-electron chi connectivity index (χ3n) is 2.45. The maximum atomic E-state index is 11.6. The lowest BCUT2D eigenvalue weighted by Gasteiger charge is -2.14. The molecule has 0 aliphatic heterocycles. The minimum atomic E-state index is -0.456. The minimum Gasteiger partial charge on any atom is -0.354 e. The first-order valence-corrected chi connectivity index (χ1v) is 6.77. The first-order valence-electron chi connectivity index (χ1n) is 6.77. The molecule has 5 heteroatoms. The molecule has 1 atom stereocenters. The third-order valence-corrected chi connectivity index (χ3v) is 2.45. The zero-order valence-electron chi connectivity index (χ0n) is 12.0. The van der Waals surface area contributed by atoms with Gasteiger partial charge in [0.25, 0.3) is 0 Å². The van der Waals surface area contributed by atoms with E-state index in [1.165, 1.54) is 0 Å². The summed E-state index contributed by atoms with van der Waals surface area (Å²) >= 11 is 0. The molecule has 5 nitrogen and oxygen atoms in total. The first-order chi connectivity index (χ1) is 8.47. The normalized spacial score (nSPS) is 12.3. The smallest absolute Gasteiger partial charge is 0.242 e. The predicted octanol–water partition coefficient (Wildman–Crippen LogP) is 0.796. The molecule has 2 amide bonds. The number of carbonyl (C=O) groups excluding carboxylic acids is 2. The van der Waals surface area contributed by atoms with E-state index in [-0.39, 0.29) is 11.8 Å². The summed E-state index contributed by atoms with van der Waals surface area (Å²) < 4.78 is 0. The molecule has 0 aliphatic rings. The van der Waals surface area contributed by atoms with Crippen LogP contribution in [0.3, 0.4) is 0 Å². The van der Waals surface area contributed by atoms with Gasteiger partial charge < -0.3 is 16.0 Å². The van der Waals surface area contributed by atoms with Crippen LogP contribution in [0.2, 0.25) is 0 Å². The van der Waals surface area contributed by atoms with Crippen molar-refractivity contribution in [2.24, 2.45) is 0 Å². The summed E-state index contributed by atoms with van der Waals surface area (Å²) in [6.45, 7) is 9.31. The van der Waals surface area contributed by atoms with Crippen molar-refractivity contribution in [3.8, 4) is 0 Å². The van der Waals surface area contributed by atoms with Gasteiger partial charge in [0.05, 0.1) is 0 Å². The van der Waals surface area contributed by atoms with Crippen LogP contribution in [0.15, 0.2) is 0 Å². The molecule has 0 radical (unpaired) electrons. The number of carbonyl (C=O) groups is 2. The Bertz CT molecular complexity index is 255. The van der Waals surface area contributed by atoms with Crippen LogP contribution in [0.4, 0.5) is 0 Å². The Morgan fingerprint density at radius 1 is 1.11 bits per heavy atom. The lowest BCUT2D eigenvalue weighted by molar-refractivity contribution is -0.128. The Morgan fingerprint density at radius 3 is 2.33 bits per heavy atom. The van der Waals surface area contributed by atoms with Gasteiger partial charge in [-0.25, -0.2) is 0 Å². The van der Waals surface area contributed by atoms with E-state index in [2.05, 4.69) is 29.8 Å². The van der Waals surface area contributed by atoms with Gasteiger partial charge in [-0.3, -0.25) is 9.59 Å². The monoisotopic (exact) mass is 257 g/mol. The van der Waals surface area contributed by atoms with Crippen LogP contribution in [-0.4, -0.2) is 37.0 Å². The molecule has 18 heavy (non-hydrogen) atoms. The van der Waals surface area contributed by atoms with Gasteiger partial charge in [0.2, 0.25) is 11.8 Å². The maximum absolute atomic E-state index is 11.6. The van der Waals surface area contributed by atoms with Crippen LogP contribution in [0, 0.1) is 0 Å². The highest BCUT2D eigenvalue weighted by molar-refractivity contribution is 5.87. The van der Waals surface area contributed by atoms with Crippen molar-refractivity contribution >= 4 is 11.8 Å². The molecule has 0 aromatic carbocycles. The summed E-state index contributed by atoms with van der Waals surface area (Å²) in [7, 11) is 0. The van der Waals surface area contributed by atoms with Crippen LogP contribution < -0.4 is 16.0 Å². The van der Waals surface area contributed by atoms with E-state index >= 15 is 0 Å². The predicted molar refractivity (Wildman–Crippen MR) is 73.3 cm³/mol. The maximum Gasteiger partial charge on any atom is 0.242 e. The highest BCUT2D eigenvalue weighted by Gasteiger charge is 2.14. The van der Waals surface area contributed by atoms with Gasteiger partial charge in [-0.05, 0) is 26.3 Å². The second kappa shape index (κ2) is 9.88. The second-order valence-electron chi connectivity index (χ2n) is 4.79. The van der Waals surface area contributed by atoms with Gasteiger partial charge in [-0.1, -0.05) is 20.8 Å². The van der Waals surface area contributed by atoms with Crippen molar-refractivity contribution in [3.05, 3.63) is 0 Å². The average molecular weight is 257 g/mol. The molecule has 0 saturated heterocycles. The Balaban J connectivity index is 3.69. The van der Waals surface area contributed by atoms with E-state index in [4.69, 9.17) is 0 Å². The Hall–Kier alpha value is -1.10. The molecule has 0 aromatic rings. The van der Waals surface area contributed by atoms with E-state index in [0.29, 0.717) is 19.0 Å². The van der Waals surface area contributed by atoms with E-state index in [1.54, 1.807) is 6.92 Å². The van der Waals surface area contributed by atoms with Gasteiger partial charge in [0.15, 0.2) is 0 Å². The lowest BCUT2D eigenvalue weighted by atomic mass is 10.2. The van der Waals surface area contributed by atoms with Crippen molar-refractivity contribution in [3.63, 3.8) is 0 Å². The topological polar surface area (TPSA) is 70.2 Å². The highest BCUT2D eigenvalue weighted by atomic mass is 16.2. The largest absolute Gasteiger partial charge is 0.354 e. The fourth-order valence-corrected chi connectivity index (χ4v) is 1.42. The number of rotatable bonds is 9. The van der Waals surface area contributed by atoms with Crippen LogP contribution in [0.1, 0.15) is 47.0 Å². The molecule has 3 N–H and O–H groups in total. The van der Waals surface area contributed by atoms with Gasteiger partial charge in [-0.15, -0.1) is 0 Å². The standard InChI is InChI=1S/C13H27N3O2/c1-5-8-15-13(18)11(4)16-12(17)7-6-9-14-10(2)3/h10-11,14H,5-9H2,1-4H3,(H,15,18)(H,16,17). The van der Waals surface area contributed by atoms with Crippen LogP contribution in [0.5, 0.6) is 0 Å². The van der Waals surface area contributed by atoms with Crippen molar-refractivity contribution in [1.82, 2.24) is 16.0 Å². The van der Waals surface area contributed by atoms with Crippen molar-refractivity contribution in [1.29, 1.82) is 0 Å². The van der Waals surface area contributed by atoms with E-state index in [1.807, 2.05) is 6.92 Å². The third kappa shape index (κ3) is 8.98. The highest BCUT2D eigenvalue weighted by Crippen LogP contribution is 1.91. The zero-order chi connectivity index (χ0) is 14.0. The van der Waals surface area contributed by atoms with Crippen LogP contribution >= 0.6 is 0 Å². The summed E-state index contributed by atoms with van der Waals surface area (Å²) in [5.41, 5.74) is 0. The number of hydrogen-bond acceptors (Lipinski definition) is 3. The summed E-state index contributed by atoms with van der Waals surface area (Å²) in [5.74, 6) is -0.190. The van der Waals surface area contributed by atoms with E-state index in [0.717, 1.165) is 19.4 Å². The van der Waals surface area contributed by atoms with Gasteiger partial charge in [0, 0.05) is 19.0 Å². The fourth-order valence-electron chi connectivity index (χ4n) is 1.42. The summed E-state index contributed by atoms with van der Waals surface area (Å²) in [6, 6.07) is -0.0195. The van der Waals surface area contributed by atoms with Gasteiger partial charge >= 0.3 is 0 Å². The lowest BCUT2D eigenvalue weighted by Crippen LogP contribution is -2.45. The molecule has 0 spiro atoms. The van der Waals surface area contributed by atoms with Crippen molar-refractivity contribution < 1.29 is 9.59 Å². The second-order valence-corrected chi connectivity index (χ2v) is 4.79. The average Bonchev–Trinajstić information content (AvgIpc) is 2.31. The molecular weight excluding hydrogens is 230 g/mol. The summed E-state index contributed by atoms with van der Waals surface area (Å²) in [5, 5.41) is 8.70. The quantitative estimate of drug-likeness (QED) is 0.535. The Morgan fingerprint density at radius 2 is 1.78 bits per heavy atom. The number of nitrogens with one attached hydrogen (secondary N) is 3. The molecule has 0 bridgehead atoms. The number of hydrogen-bond donors (Lipinski definition) is 3. The molecule has 0 saturated carbocycles. The molecule has 0 rings (SSSR count). The first kappa shape index (κ1) is 16.9. The van der Waals surface area contributed by atoms with Crippen molar-refractivity contribution in [2.75, 3.05) is 13.1 Å². The van der Waals surface area contributed by atoms with Gasteiger partial charge in [-0.2, -0.15) is 0 Å². The molecule has 0 heterocycles. The Labute approximate surface area is 110 Å².